The smallest absolute Gasteiger partial charge is 0.236 e. The zero-order valence-corrected chi connectivity index (χ0v) is 14.2. The molecule has 4 bridgehead atoms. The Morgan fingerprint density at radius 3 is 2.52 bits per heavy atom. The van der Waals surface area contributed by atoms with Gasteiger partial charge in [0, 0.05) is 17.7 Å². The van der Waals surface area contributed by atoms with Gasteiger partial charge in [0.05, 0.1) is 23.9 Å². The van der Waals surface area contributed by atoms with Crippen molar-refractivity contribution in [2.45, 2.75) is 12.8 Å². The third-order valence-corrected chi connectivity index (χ3v) is 6.16. The fraction of sp³-hybridized carbons (Fsp3) is 0.381. The minimum atomic E-state index is -0.0185. The van der Waals surface area contributed by atoms with Crippen LogP contribution < -0.4 is 0 Å². The lowest BCUT2D eigenvalue weighted by Gasteiger charge is -2.49. The molecule has 1 aromatic carbocycles. The van der Waals surface area contributed by atoms with Crippen molar-refractivity contribution in [3.05, 3.63) is 65.0 Å². The molecule has 1 amide bonds. The number of aliphatic hydroxyl groups excluding tert-OH is 1. The normalized spacial score (nSPS) is 30.0. The molecule has 1 atom stereocenters. The molecule has 25 heavy (non-hydrogen) atoms. The van der Waals surface area contributed by atoms with E-state index in [0.717, 1.165) is 60.6 Å². The summed E-state index contributed by atoms with van der Waals surface area (Å²) in [6.07, 6.45) is 6.33. The minimum Gasteiger partial charge on any atom is -0.392 e. The topological polar surface area (TPSA) is 43.8 Å². The number of nitrogens with zero attached hydrogens (tertiary/aromatic N) is 2. The van der Waals surface area contributed by atoms with Crippen LogP contribution in [0.2, 0.25) is 0 Å². The van der Waals surface area contributed by atoms with Gasteiger partial charge in [0.2, 0.25) is 5.91 Å². The fourth-order valence-corrected chi connectivity index (χ4v) is 4.80. The van der Waals surface area contributed by atoms with E-state index < -0.39 is 0 Å². The Kier molecular flexibility index (Phi) is 3.43. The van der Waals surface area contributed by atoms with Crippen LogP contribution in [0.4, 0.5) is 0 Å². The first-order chi connectivity index (χ1) is 12.3. The zero-order chi connectivity index (χ0) is 17.0. The van der Waals surface area contributed by atoms with Crippen molar-refractivity contribution in [1.82, 2.24) is 9.80 Å². The van der Waals surface area contributed by atoms with Crippen LogP contribution in [0.25, 0.3) is 5.57 Å². The second-order valence-electron chi connectivity index (χ2n) is 7.40. The van der Waals surface area contributed by atoms with E-state index in [4.69, 9.17) is 0 Å². The maximum absolute atomic E-state index is 13.3. The highest BCUT2D eigenvalue weighted by molar-refractivity contribution is 5.98. The number of piperidine rings is 3. The summed E-state index contributed by atoms with van der Waals surface area (Å²) in [4.78, 5) is 17.6. The van der Waals surface area contributed by atoms with E-state index in [1.54, 1.807) is 0 Å². The van der Waals surface area contributed by atoms with E-state index in [1.165, 1.54) is 0 Å². The van der Waals surface area contributed by atoms with Crippen LogP contribution in [-0.2, 0) is 4.79 Å². The molecule has 0 unspecified atom stereocenters. The van der Waals surface area contributed by atoms with Gasteiger partial charge in [-0.2, -0.15) is 0 Å². The molecule has 128 valence electrons. The molecule has 0 spiro atoms. The molecule has 5 aliphatic rings. The summed E-state index contributed by atoms with van der Waals surface area (Å²) in [5, 5.41) is 9.80. The van der Waals surface area contributed by atoms with Crippen molar-refractivity contribution in [2.24, 2.45) is 11.8 Å². The first kappa shape index (κ1) is 15.1. The fourth-order valence-electron chi connectivity index (χ4n) is 4.80. The highest BCUT2D eigenvalue weighted by Gasteiger charge is 2.46. The monoisotopic (exact) mass is 334 g/mol. The predicted molar refractivity (Wildman–Crippen MR) is 96.1 cm³/mol. The van der Waals surface area contributed by atoms with Gasteiger partial charge in [-0.25, -0.2) is 0 Å². The Labute approximate surface area is 147 Å². The van der Waals surface area contributed by atoms with E-state index in [0.29, 0.717) is 5.92 Å². The SMILES string of the molecule is O=C([C@H]1CN2CCC1CC2)N1c2ccc(-c3ccccc3)c1c2CO. The summed E-state index contributed by atoms with van der Waals surface area (Å²) < 4.78 is 0. The number of hydrogen-bond donors (Lipinski definition) is 1. The molecular formula is C21H22N2O2. The van der Waals surface area contributed by atoms with Crippen LogP contribution in [0.1, 0.15) is 18.4 Å². The number of aliphatic hydroxyl groups is 1. The molecular weight excluding hydrogens is 312 g/mol. The summed E-state index contributed by atoms with van der Waals surface area (Å²) in [6, 6.07) is 10.1. The van der Waals surface area contributed by atoms with Crippen molar-refractivity contribution < 1.29 is 9.90 Å². The first-order valence-corrected chi connectivity index (χ1v) is 9.16. The van der Waals surface area contributed by atoms with Gasteiger partial charge in [0.15, 0.2) is 0 Å². The molecule has 3 saturated heterocycles. The van der Waals surface area contributed by atoms with Crippen LogP contribution in [-0.4, -0.2) is 47.1 Å². The molecule has 0 saturated carbocycles. The van der Waals surface area contributed by atoms with Crippen molar-refractivity contribution in [3.63, 3.8) is 0 Å². The molecule has 0 radical (unpaired) electrons. The quantitative estimate of drug-likeness (QED) is 0.923. The van der Waals surface area contributed by atoms with E-state index in [9.17, 15) is 9.90 Å². The molecule has 0 aliphatic carbocycles. The second kappa shape index (κ2) is 5.68. The zero-order valence-electron chi connectivity index (χ0n) is 14.2. The van der Waals surface area contributed by atoms with Crippen LogP contribution in [0.3, 0.4) is 0 Å². The van der Waals surface area contributed by atoms with Gasteiger partial charge >= 0.3 is 0 Å². The number of benzene rings is 1. The Morgan fingerprint density at radius 2 is 1.88 bits per heavy atom. The van der Waals surface area contributed by atoms with Crippen molar-refractivity contribution in [2.75, 3.05) is 26.2 Å². The number of carbonyl (C=O) groups excluding carboxylic acids is 1. The van der Waals surface area contributed by atoms with Gasteiger partial charge < -0.3 is 10.0 Å². The lowest BCUT2D eigenvalue weighted by molar-refractivity contribution is -0.138. The number of carbonyl (C=O) groups is 1. The number of rotatable bonds is 3. The Morgan fingerprint density at radius 1 is 1.12 bits per heavy atom. The Balaban J connectivity index is 1.48. The lowest BCUT2D eigenvalue weighted by atomic mass is 9.76. The largest absolute Gasteiger partial charge is 0.392 e. The van der Waals surface area contributed by atoms with Crippen molar-refractivity contribution in [1.29, 1.82) is 0 Å². The van der Waals surface area contributed by atoms with Crippen LogP contribution in [0.5, 0.6) is 0 Å². The highest BCUT2D eigenvalue weighted by atomic mass is 16.3. The second-order valence-corrected chi connectivity index (χ2v) is 7.40. The van der Waals surface area contributed by atoms with E-state index in [2.05, 4.69) is 23.1 Å². The average Bonchev–Trinajstić information content (AvgIpc) is 2.69. The van der Waals surface area contributed by atoms with Gasteiger partial charge in [0.25, 0.3) is 0 Å². The summed E-state index contributed by atoms with van der Waals surface area (Å²) >= 11 is 0. The molecule has 5 heterocycles. The molecule has 3 fully saturated rings. The molecule has 0 aromatic heterocycles. The van der Waals surface area contributed by atoms with Crippen LogP contribution >= 0.6 is 0 Å². The highest BCUT2D eigenvalue weighted by Crippen LogP contribution is 2.48. The number of fused-ring (bicyclic) bond motifs is 5. The summed E-state index contributed by atoms with van der Waals surface area (Å²) in [7, 11) is 0. The first-order valence-electron chi connectivity index (χ1n) is 9.16. The molecule has 1 N–H and O–H groups in total. The summed E-state index contributed by atoms with van der Waals surface area (Å²) in [5.74, 6) is 0.826. The molecule has 4 heteroatoms. The third-order valence-electron chi connectivity index (χ3n) is 6.16. The van der Waals surface area contributed by atoms with Crippen LogP contribution in [0, 0.1) is 11.8 Å². The number of hydrogen-bond acceptors (Lipinski definition) is 3. The van der Waals surface area contributed by atoms with Crippen molar-refractivity contribution in [3.8, 4) is 0 Å². The maximum atomic E-state index is 13.3. The minimum absolute atomic E-state index is 0.0185. The van der Waals surface area contributed by atoms with E-state index in [-0.39, 0.29) is 18.4 Å². The molecule has 1 aromatic rings. The van der Waals surface area contributed by atoms with Gasteiger partial charge in [-0.1, -0.05) is 36.4 Å². The molecule has 5 aliphatic heterocycles. The van der Waals surface area contributed by atoms with E-state index >= 15 is 0 Å². The number of amides is 1. The standard InChI is InChI=1S/C21H22N2O2/c24-13-18-19-7-6-16(14-4-2-1-3-5-14)20(18)23(19)21(25)17-12-22-10-8-15(17)9-11-22/h1-7,15,17,24H,8-13H2/t17-/m0/s1. The summed E-state index contributed by atoms with van der Waals surface area (Å²) in [5.41, 5.74) is 4.82. The van der Waals surface area contributed by atoms with Crippen molar-refractivity contribution >= 4 is 11.5 Å². The predicted octanol–water partition coefficient (Wildman–Crippen LogP) is 2.40. The summed E-state index contributed by atoms with van der Waals surface area (Å²) in [6.45, 7) is 3.14. The molecule has 4 nitrogen and oxygen atoms in total. The molecule has 6 rings (SSSR count). The lowest BCUT2D eigenvalue weighted by Crippen LogP contribution is -2.55. The average molecular weight is 334 g/mol. The third kappa shape index (κ3) is 2.17. The van der Waals surface area contributed by atoms with E-state index in [1.807, 2.05) is 29.2 Å². The Bertz CT molecular complexity index is 814. The maximum Gasteiger partial charge on any atom is 0.236 e. The van der Waals surface area contributed by atoms with Gasteiger partial charge in [0.1, 0.15) is 0 Å². The van der Waals surface area contributed by atoms with Gasteiger partial charge in [-0.3, -0.25) is 9.69 Å². The number of allylic oxidation sites excluding steroid dienone is 3. The Hall–Kier alpha value is -2.17. The van der Waals surface area contributed by atoms with Crippen LogP contribution in [0.15, 0.2) is 59.5 Å². The van der Waals surface area contributed by atoms with Gasteiger partial charge in [-0.15, -0.1) is 0 Å². The van der Waals surface area contributed by atoms with Gasteiger partial charge in [-0.05, 0) is 43.5 Å².